The third-order valence-corrected chi connectivity index (χ3v) is 3.83. The van der Waals surface area contributed by atoms with Crippen LogP contribution in [0, 0.1) is 0 Å². The first-order valence-electron chi connectivity index (χ1n) is 6.00. The fraction of sp³-hybridized carbons (Fsp3) is 0.538. The SMILES string of the molecule is CC1(C)OB(c2cccc(OCBr)c2)OC1(C)C. The monoisotopic (exact) mass is 312 g/mol. The molecule has 1 aliphatic rings. The van der Waals surface area contributed by atoms with Crippen molar-refractivity contribution in [2.24, 2.45) is 0 Å². The zero-order valence-electron chi connectivity index (χ0n) is 11.2. The van der Waals surface area contributed by atoms with Gasteiger partial charge in [-0.15, -0.1) is 0 Å². The second kappa shape index (κ2) is 4.87. The molecule has 1 aliphatic heterocycles. The summed E-state index contributed by atoms with van der Waals surface area (Å²) in [5.74, 6) is 0.805. The molecule has 1 heterocycles. The minimum absolute atomic E-state index is 0.316. The highest BCUT2D eigenvalue weighted by atomic mass is 79.9. The van der Waals surface area contributed by atoms with E-state index >= 15 is 0 Å². The van der Waals surface area contributed by atoms with E-state index < -0.39 is 0 Å². The first kappa shape index (κ1) is 13.9. The van der Waals surface area contributed by atoms with Crippen molar-refractivity contribution in [3.63, 3.8) is 0 Å². The van der Waals surface area contributed by atoms with E-state index in [1.807, 2.05) is 52.0 Å². The van der Waals surface area contributed by atoms with Gasteiger partial charge in [-0.3, -0.25) is 0 Å². The van der Waals surface area contributed by atoms with Gasteiger partial charge >= 0.3 is 7.12 Å². The number of hydrogen-bond donors (Lipinski definition) is 0. The van der Waals surface area contributed by atoms with Gasteiger partial charge in [0, 0.05) is 0 Å². The highest BCUT2D eigenvalue weighted by molar-refractivity contribution is 9.09. The van der Waals surface area contributed by atoms with Gasteiger partial charge in [0.25, 0.3) is 0 Å². The van der Waals surface area contributed by atoms with Crippen LogP contribution in [0.1, 0.15) is 27.7 Å². The zero-order valence-corrected chi connectivity index (χ0v) is 12.8. The number of ether oxygens (including phenoxy) is 1. The van der Waals surface area contributed by atoms with Gasteiger partial charge in [0.1, 0.15) is 11.3 Å². The number of hydrogen-bond acceptors (Lipinski definition) is 3. The Kier molecular flexibility index (Phi) is 3.76. The highest BCUT2D eigenvalue weighted by Gasteiger charge is 2.51. The molecular formula is C13H18BBrO3. The van der Waals surface area contributed by atoms with Crippen LogP contribution >= 0.6 is 15.9 Å². The molecule has 98 valence electrons. The smallest absolute Gasteiger partial charge is 0.482 e. The van der Waals surface area contributed by atoms with Gasteiger partial charge in [-0.25, -0.2) is 0 Å². The zero-order chi connectivity index (χ0) is 13.4. The molecule has 1 fully saturated rings. The molecule has 0 N–H and O–H groups in total. The predicted molar refractivity (Wildman–Crippen MR) is 76.6 cm³/mol. The maximum absolute atomic E-state index is 5.99. The number of rotatable bonds is 3. The number of benzene rings is 1. The average molecular weight is 313 g/mol. The third-order valence-electron chi connectivity index (χ3n) is 3.60. The quantitative estimate of drug-likeness (QED) is 0.634. The first-order valence-corrected chi connectivity index (χ1v) is 7.12. The summed E-state index contributed by atoms with van der Waals surface area (Å²) < 4.78 is 17.4. The van der Waals surface area contributed by atoms with Gasteiger partial charge in [0.05, 0.1) is 11.2 Å². The van der Waals surface area contributed by atoms with E-state index in [9.17, 15) is 0 Å². The standard InChI is InChI=1S/C13H18BBrO3/c1-12(2)13(3,4)18-14(17-12)10-6-5-7-11(8-10)16-9-15/h5-8H,9H2,1-4H3. The van der Waals surface area contributed by atoms with Crippen LogP contribution in [0.2, 0.25) is 0 Å². The fourth-order valence-corrected chi connectivity index (χ4v) is 2.06. The summed E-state index contributed by atoms with van der Waals surface area (Å²) in [6.07, 6.45) is 0. The van der Waals surface area contributed by atoms with Gasteiger partial charge in [-0.05, 0) is 61.2 Å². The molecule has 5 heteroatoms. The number of alkyl halides is 1. The summed E-state index contributed by atoms with van der Waals surface area (Å²) in [6.45, 7) is 8.19. The summed E-state index contributed by atoms with van der Waals surface area (Å²) in [5.41, 5.74) is 0.820. The molecule has 0 atom stereocenters. The van der Waals surface area contributed by atoms with Crippen molar-refractivity contribution in [1.29, 1.82) is 0 Å². The van der Waals surface area contributed by atoms with Crippen LogP contribution in [0.4, 0.5) is 0 Å². The van der Waals surface area contributed by atoms with Crippen molar-refractivity contribution >= 4 is 28.5 Å². The molecule has 1 aromatic carbocycles. The summed E-state index contributed by atoms with van der Waals surface area (Å²) in [4.78, 5) is 0. The van der Waals surface area contributed by atoms with Crippen LogP contribution < -0.4 is 10.2 Å². The summed E-state index contributed by atoms with van der Waals surface area (Å²) >= 11 is 3.25. The van der Waals surface area contributed by atoms with E-state index in [0.717, 1.165) is 11.2 Å². The Bertz CT molecular complexity index is 418. The van der Waals surface area contributed by atoms with Crippen molar-refractivity contribution in [2.45, 2.75) is 38.9 Å². The van der Waals surface area contributed by atoms with Crippen molar-refractivity contribution in [3.8, 4) is 5.75 Å². The normalized spacial score (nSPS) is 21.1. The van der Waals surface area contributed by atoms with Gasteiger partial charge in [-0.2, -0.15) is 0 Å². The molecular weight excluding hydrogens is 295 g/mol. The Hall–Kier alpha value is -0.515. The molecule has 0 unspecified atom stereocenters. The van der Waals surface area contributed by atoms with Crippen LogP contribution in [-0.4, -0.2) is 23.8 Å². The van der Waals surface area contributed by atoms with Gasteiger partial charge in [0.15, 0.2) is 0 Å². The van der Waals surface area contributed by atoms with Crippen molar-refractivity contribution in [2.75, 3.05) is 5.52 Å². The molecule has 0 aliphatic carbocycles. The topological polar surface area (TPSA) is 27.7 Å². The van der Waals surface area contributed by atoms with Crippen LogP contribution in [0.3, 0.4) is 0 Å². The lowest BCUT2D eigenvalue weighted by molar-refractivity contribution is 0.00578. The Morgan fingerprint density at radius 3 is 2.33 bits per heavy atom. The van der Waals surface area contributed by atoms with Crippen molar-refractivity contribution < 1.29 is 14.0 Å². The molecule has 2 rings (SSSR count). The van der Waals surface area contributed by atoms with Gasteiger partial charge < -0.3 is 14.0 Å². The second-order valence-electron chi connectivity index (χ2n) is 5.41. The molecule has 0 radical (unpaired) electrons. The van der Waals surface area contributed by atoms with E-state index in [0.29, 0.717) is 5.52 Å². The third kappa shape index (κ3) is 2.58. The van der Waals surface area contributed by atoms with Crippen LogP contribution in [0.15, 0.2) is 24.3 Å². The fourth-order valence-electron chi connectivity index (χ4n) is 1.79. The predicted octanol–water partition coefficient (Wildman–Crippen LogP) is 2.72. The molecule has 18 heavy (non-hydrogen) atoms. The molecule has 0 amide bonds. The van der Waals surface area contributed by atoms with E-state index in [1.165, 1.54) is 0 Å². The Morgan fingerprint density at radius 1 is 1.17 bits per heavy atom. The molecule has 1 aromatic rings. The van der Waals surface area contributed by atoms with Crippen LogP contribution in [0.5, 0.6) is 5.75 Å². The Labute approximate surface area is 117 Å². The minimum Gasteiger partial charge on any atom is -0.482 e. The maximum Gasteiger partial charge on any atom is 0.494 e. The Morgan fingerprint density at radius 2 is 1.78 bits per heavy atom. The second-order valence-corrected chi connectivity index (χ2v) is 5.87. The summed E-state index contributed by atoms with van der Waals surface area (Å²) in [6, 6.07) is 7.79. The summed E-state index contributed by atoms with van der Waals surface area (Å²) in [5, 5.41) is 0. The van der Waals surface area contributed by atoms with E-state index in [-0.39, 0.29) is 18.3 Å². The minimum atomic E-state index is -0.339. The largest absolute Gasteiger partial charge is 0.494 e. The maximum atomic E-state index is 5.99. The highest BCUT2D eigenvalue weighted by Crippen LogP contribution is 2.36. The van der Waals surface area contributed by atoms with E-state index in [4.69, 9.17) is 14.0 Å². The van der Waals surface area contributed by atoms with Crippen molar-refractivity contribution in [1.82, 2.24) is 0 Å². The molecule has 0 saturated carbocycles. The molecule has 0 spiro atoms. The molecule has 1 saturated heterocycles. The van der Waals surface area contributed by atoms with Gasteiger partial charge in [-0.1, -0.05) is 12.1 Å². The lowest BCUT2D eigenvalue weighted by atomic mass is 9.79. The van der Waals surface area contributed by atoms with Crippen LogP contribution in [-0.2, 0) is 9.31 Å². The molecule has 0 bridgehead atoms. The average Bonchev–Trinajstić information content (AvgIpc) is 2.49. The Balaban J connectivity index is 2.21. The number of halogens is 1. The van der Waals surface area contributed by atoms with E-state index in [2.05, 4.69) is 15.9 Å². The summed E-state index contributed by atoms with van der Waals surface area (Å²) in [7, 11) is -0.339. The lowest BCUT2D eigenvalue weighted by Crippen LogP contribution is -2.41. The van der Waals surface area contributed by atoms with Crippen molar-refractivity contribution in [3.05, 3.63) is 24.3 Å². The van der Waals surface area contributed by atoms with Gasteiger partial charge in [0.2, 0.25) is 0 Å². The lowest BCUT2D eigenvalue weighted by Gasteiger charge is -2.32. The van der Waals surface area contributed by atoms with Crippen LogP contribution in [0.25, 0.3) is 0 Å². The first-order chi connectivity index (χ1) is 8.36. The molecule has 3 nitrogen and oxygen atoms in total. The molecule has 0 aromatic heterocycles. The van der Waals surface area contributed by atoms with E-state index in [1.54, 1.807) is 0 Å².